The number of nitrogens with zero attached hydrogens (tertiary/aromatic N) is 7. The summed E-state index contributed by atoms with van der Waals surface area (Å²) in [5.74, 6) is -0.273. The molecule has 2 unspecified atom stereocenters. The number of phosphoric ester groups is 1. The van der Waals surface area contributed by atoms with Gasteiger partial charge in [0.15, 0.2) is 29.3 Å². The van der Waals surface area contributed by atoms with Gasteiger partial charge in [0.05, 0.1) is 31.6 Å². The Balaban J connectivity index is 1.22. The lowest BCUT2D eigenvalue weighted by Crippen LogP contribution is -2.36. The van der Waals surface area contributed by atoms with Crippen LogP contribution in [0, 0.1) is 6.92 Å². The third kappa shape index (κ3) is 5.91. The van der Waals surface area contributed by atoms with Gasteiger partial charge in [-0.05, 0) is 6.92 Å². The molecule has 4 aromatic rings. The van der Waals surface area contributed by atoms with Crippen LogP contribution < -0.4 is 11.3 Å². The van der Waals surface area contributed by atoms with Crippen molar-refractivity contribution in [2.45, 2.75) is 56.0 Å². The highest BCUT2D eigenvalue weighted by Crippen LogP contribution is 2.50. The Labute approximate surface area is 250 Å². The number of H-pyrrole nitrogens is 1. The molecule has 0 spiro atoms. The number of nitrogens with one attached hydrogen (secondary N) is 1. The molecule has 24 heteroatoms. The number of aryl methyl sites for hydroxylation is 1. The number of aromatic nitrogens is 8. The van der Waals surface area contributed by atoms with E-state index in [9.17, 15) is 39.0 Å². The number of rotatable bonds is 10. The molecule has 244 valence electrons. The van der Waals surface area contributed by atoms with Gasteiger partial charge in [0.1, 0.15) is 48.5 Å². The summed E-state index contributed by atoms with van der Waals surface area (Å²) in [6, 6.07) is 0. The quantitative estimate of drug-likeness (QED) is 0.0863. The number of anilines is 1. The van der Waals surface area contributed by atoms with E-state index in [1.165, 1.54) is 17.2 Å². The van der Waals surface area contributed by atoms with Crippen molar-refractivity contribution in [3.63, 3.8) is 0 Å². The highest BCUT2D eigenvalue weighted by molar-refractivity contribution is 7.47. The Kier molecular flexibility index (Phi) is 8.58. The molecule has 0 saturated carbocycles. The van der Waals surface area contributed by atoms with Crippen molar-refractivity contribution in [3.8, 4) is 0 Å². The molecule has 2 aliphatic heterocycles. The zero-order chi connectivity index (χ0) is 32.2. The van der Waals surface area contributed by atoms with Crippen LogP contribution in [-0.4, -0.2) is 114 Å². The van der Waals surface area contributed by atoms with Crippen LogP contribution in [0.25, 0.3) is 22.3 Å². The van der Waals surface area contributed by atoms with Crippen molar-refractivity contribution < 1.29 is 57.3 Å². The molecule has 2 aliphatic rings. The molecule has 0 amide bonds. The van der Waals surface area contributed by atoms with Gasteiger partial charge in [-0.3, -0.25) is 32.5 Å². The van der Waals surface area contributed by atoms with Crippen LogP contribution in [0.2, 0.25) is 0 Å². The lowest BCUT2D eigenvalue weighted by Gasteiger charge is -2.25. The van der Waals surface area contributed by atoms with E-state index in [0.29, 0.717) is 11.2 Å². The van der Waals surface area contributed by atoms with Gasteiger partial charge in [-0.2, -0.15) is 4.98 Å². The van der Waals surface area contributed by atoms with Crippen LogP contribution in [0.1, 0.15) is 18.1 Å². The largest absolute Gasteiger partial charge is 0.472 e. The molecule has 6 rings (SSSR count). The number of imidazole rings is 2. The van der Waals surface area contributed by atoms with Gasteiger partial charge >= 0.3 is 16.1 Å². The number of aromatic amines is 1. The van der Waals surface area contributed by atoms with Crippen LogP contribution in [-0.2, 0) is 32.2 Å². The van der Waals surface area contributed by atoms with Crippen molar-refractivity contribution in [2.24, 2.45) is 0 Å². The maximum Gasteiger partial charge on any atom is 0.472 e. The standard InChI is InChI=1S/C21H27N9O13P2/c1-7-10-16(24-4-23-7)29(5-25-10)19-13(33)14(42-44(35)36)9(41-19)3-39-45(37,38)43-15-12(32)8(2-31)40-20(15)30-6-26-11-17(30)27-21(22)28-18(11)34/h4-6,8-9,12-15,19-20,31-33,44H,2-3H2,1H3,(H,35,36)(H,37,38)(H3,22,27,28,34)/t8-,9-,12-,13-,14-,15-,19-,20-/m1/s1. The van der Waals surface area contributed by atoms with Crippen LogP contribution in [0.15, 0.2) is 23.8 Å². The Morgan fingerprint density at radius 3 is 2.44 bits per heavy atom. The number of ether oxygens (including phenoxy) is 2. The predicted octanol–water partition coefficient (Wildman–Crippen LogP) is -2.37. The average molecular weight is 675 g/mol. The molecule has 0 aliphatic carbocycles. The summed E-state index contributed by atoms with van der Waals surface area (Å²) in [4.78, 5) is 54.9. The SMILES string of the molecule is Cc1ncnc2c1ncn2[C@@H]1O[C@H](COP(=O)(O)O[C@@H]2[C@H](O)[C@@H](CO)O[C@H]2n2cnc3c(=O)[nH]c(N)nc32)[C@@H](O[PH](=O)O)[C@H]1O. The fourth-order valence-corrected chi connectivity index (χ4v) is 6.65. The maximum absolute atomic E-state index is 13.2. The lowest BCUT2D eigenvalue weighted by molar-refractivity contribution is -0.0609. The minimum atomic E-state index is -5.15. The van der Waals surface area contributed by atoms with E-state index >= 15 is 0 Å². The third-order valence-electron chi connectivity index (χ3n) is 7.24. The van der Waals surface area contributed by atoms with Gasteiger partial charge in [0, 0.05) is 0 Å². The first-order valence-electron chi connectivity index (χ1n) is 13.1. The van der Waals surface area contributed by atoms with E-state index in [4.69, 9.17) is 28.8 Å². The van der Waals surface area contributed by atoms with Crippen molar-refractivity contribution in [1.82, 2.24) is 39.0 Å². The lowest BCUT2D eigenvalue weighted by atomic mass is 10.1. The molecule has 6 heterocycles. The Morgan fingerprint density at radius 2 is 1.73 bits per heavy atom. The summed E-state index contributed by atoms with van der Waals surface area (Å²) < 4.78 is 54.0. The predicted molar refractivity (Wildman–Crippen MR) is 146 cm³/mol. The Hall–Kier alpha value is -3.24. The minimum Gasteiger partial charge on any atom is -0.394 e. The zero-order valence-electron chi connectivity index (χ0n) is 22.9. The normalized spacial score (nSPS) is 30.7. The molecule has 2 fully saturated rings. The number of nitrogen functional groups attached to an aromatic ring is 1. The van der Waals surface area contributed by atoms with Crippen LogP contribution in [0.4, 0.5) is 5.95 Å². The van der Waals surface area contributed by atoms with E-state index in [0.717, 1.165) is 10.9 Å². The van der Waals surface area contributed by atoms with E-state index in [2.05, 4.69) is 29.9 Å². The van der Waals surface area contributed by atoms with Gasteiger partial charge < -0.3 is 44.8 Å². The van der Waals surface area contributed by atoms with E-state index in [1.807, 2.05) is 0 Å². The summed E-state index contributed by atoms with van der Waals surface area (Å²) in [7, 11) is -8.80. The number of aliphatic hydroxyl groups excluding tert-OH is 3. The molecule has 0 radical (unpaired) electrons. The smallest absolute Gasteiger partial charge is 0.394 e. The second kappa shape index (κ2) is 12.2. The molecule has 0 aromatic carbocycles. The third-order valence-corrected chi connectivity index (χ3v) is 8.70. The summed E-state index contributed by atoms with van der Waals surface area (Å²) in [6.45, 7) is 0.146. The number of phosphoric acid groups is 1. The molecule has 4 aromatic heterocycles. The number of nitrogens with two attached hydrogens (primary N) is 1. The first-order valence-corrected chi connectivity index (χ1v) is 15.8. The van der Waals surface area contributed by atoms with Crippen molar-refractivity contribution in [1.29, 1.82) is 0 Å². The fourth-order valence-electron chi connectivity index (χ4n) is 5.19. The minimum absolute atomic E-state index is 0.111. The number of hydrogen-bond donors (Lipinski definition) is 7. The number of hydrogen-bond acceptors (Lipinski definition) is 17. The van der Waals surface area contributed by atoms with E-state index < -0.39 is 83.9 Å². The summed E-state index contributed by atoms with van der Waals surface area (Å²) >= 11 is 0. The Morgan fingerprint density at radius 1 is 1.04 bits per heavy atom. The van der Waals surface area contributed by atoms with Gasteiger partial charge in [0.2, 0.25) is 5.95 Å². The van der Waals surface area contributed by atoms with E-state index in [1.54, 1.807) is 6.92 Å². The zero-order valence-corrected chi connectivity index (χ0v) is 24.8. The highest BCUT2D eigenvalue weighted by atomic mass is 31.2. The van der Waals surface area contributed by atoms with Crippen LogP contribution in [0.5, 0.6) is 0 Å². The van der Waals surface area contributed by atoms with Gasteiger partial charge in [-0.25, -0.2) is 24.5 Å². The molecular formula is C21H27N9O13P2. The second-order valence-corrected chi connectivity index (χ2v) is 12.2. The highest BCUT2D eigenvalue weighted by Gasteiger charge is 2.51. The number of fused-ring (bicyclic) bond motifs is 2. The second-order valence-electron chi connectivity index (χ2n) is 10.0. The van der Waals surface area contributed by atoms with Crippen molar-refractivity contribution >= 4 is 44.4 Å². The molecule has 22 nitrogen and oxygen atoms in total. The monoisotopic (exact) mass is 675 g/mol. The van der Waals surface area contributed by atoms with Gasteiger partial charge in [-0.15, -0.1) is 0 Å². The van der Waals surface area contributed by atoms with Crippen molar-refractivity contribution in [3.05, 3.63) is 35.0 Å². The average Bonchev–Trinajstić information content (AvgIpc) is 3.73. The molecule has 10 atom stereocenters. The molecule has 0 bridgehead atoms. The summed E-state index contributed by atoms with van der Waals surface area (Å²) in [6.07, 6.45) is -8.27. The fraction of sp³-hybridized carbons (Fsp3) is 0.524. The molecule has 8 N–H and O–H groups in total. The maximum atomic E-state index is 13.2. The molecule has 45 heavy (non-hydrogen) atoms. The molecule has 2 saturated heterocycles. The first-order chi connectivity index (χ1) is 21.4. The van der Waals surface area contributed by atoms with Crippen LogP contribution in [0.3, 0.4) is 0 Å². The first kappa shape index (κ1) is 31.7. The van der Waals surface area contributed by atoms with Crippen molar-refractivity contribution in [2.75, 3.05) is 18.9 Å². The van der Waals surface area contributed by atoms with E-state index in [-0.39, 0.29) is 22.8 Å². The topological polar surface area (TPSA) is 315 Å². The van der Waals surface area contributed by atoms with Gasteiger partial charge in [0.25, 0.3) is 5.56 Å². The summed E-state index contributed by atoms with van der Waals surface area (Å²) in [5, 5.41) is 31.4. The Bertz CT molecular complexity index is 1850. The molecular weight excluding hydrogens is 648 g/mol. The van der Waals surface area contributed by atoms with Crippen LogP contribution >= 0.6 is 16.1 Å². The van der Waals surface area contributed by atoms with Gasteiger partial charge in [-0.1, -0.05) is 0 Å². The summed E-state index contributed by atoms with van der Waals surface area (Å²) in [5.41, 5.74) is 5.88. The number of aliphatic hydroxyl groups is 3.